The van der Waals surface area contributed by atoms with Crippen molar-refractivity contribution >= 4 is 11.8 Å². The summed E-state index contributed by atoms with van der Waals surface area (Å²) in [7, 11) is 0. The fourth-order valence-corrected chi connectivity index (χ4v) is 2.14. The summed E-state index contributed by atoms with van der Waals surface area (Å²) in [5.74, 6) is 0.264. The van der Waals surface area contributed by atoms with E-state index in [-0.39, 0.29) is 11.8 Å². The van der Waals surface area contributed by atoms with Gasteiger partial charge in [0.25, 0.3) is 11.8 Å². The van der Waals surface area contributed by atoms with Crippen molar-refractivity contribution < 1.29 is 9.59 Å². The minimum absolute atomic E-state index is 0.113. The summed E-state index contributed by atoms with van der Waals surface area (Å²) in [6.45, 7) is 5.31. The number of pyridine rings is 1. The third kappa shape index (κ3) is 5.50. The Labute approximate surface area is 142 Å². The number of nitrogens with one attached hydrogen (secondary N) is 2. The minimum Gasteiger partial charge on any atom is -0.352 e. The molecule has 5 heteroatoms. The first-order valence-corrected chi connectivity index (χ1v) is 8.11. The van der Waals surface area contributed by atoms with Crippen molar-refractivity contribution in [2.45, 2.75) is 26.8 Å². The Morgan fingerprint density at radius 3 is 2.17 bits per heavy atom. The van der Waals surface area contributed by atoms with Gasteiger partial charge in [0.2, 0.25) is 0 Å². The first-order valence-electron chi connectivity index (χ1n) is 8.11. The SMILES string of the molecule is CC(C)CCNC(=O)c1ccc(C(=O)NCc2cccnc2)cc1. The lowest BCUT2D eigenvalue weighted by Gasteiger charge is -2.08. The maximum absolute atomic E-state index is 12.1. The topological polar surface area (TPSA) is 71.1 Å². The van der Waals surface area contributed by atoms with E-state index in [1.807, 2.05) is 12.1 Å². The first-order chi connectivity index (χ1) is 11.6. The zero-order valence-corrected chi connectivity index (χ0v) is 14.1. The molecule has 5 nitrogen and oxygen atoms in total. The molecule has 0 spiro atoms. The number of carbonyl (C=O) groups is 2. The molecule has 1 heterocycles. The third-order valence-electron chi connectivity index (χ3n) is 3.59. The van der Waals surface area contributed by atoms with Gasteiger partial charge in [0.15, 0.2) is 0 Å². The van der Waals surface area contributed by atoms with Crippen LogP contribution in [0.2, 0.25) is 0 Å². The van der Waals surface area contributed by atoms with Crippen LogP contribution >= 0.6 is 0 Å². The molecular formula is C19H23N3O2. The lowest BCUT2D eigenvalue weighted by atomic mass is 10.1. The monoisotopic (exact) mass is 325 g/mol. The van der Waals surface area contributed by atoms with E-state index in [9.17, 15) is 9.59 Å². The first kappa shape index (κ1) is 17.7. The van der Waals surface area contributed by atoms with Crippen LogP contribution < -0.4 is 10.6 Å². The van der Waals surface area contributed by atoms with Crippen molar-refractivity contribution in [3.8, 4) is 0 Å². The zero-order chi connectivity index (χ0) is 17.4. The summed E-state index contributed by atoms with van der Waals surface area (Å²) in [5, 5.41) is 5.71. The Morgan fingerprint density at radius 1 is 1.00 bits per heavy atom. The van der Waals surface area contributed by atoms with Gasteiger partial charge >= 0.3 is 0 Å². The average Bonchev–Trinajstić information content (AvgIpc) is 2.60. The van der Waals surface area contributed by atoms with E-state index >= 15 is 0 Å². The Bertz CT molecular complexity index is 667. The second kappa shape index (κ2) is 8.82. The van der Waals surface area contributed by atoms with Crippen molar-refractivity contribution in [1.29, 1.82) is 0 Å². The number of nitrogens with zero attached hydrogens (tertiary/aromatic N) is 1. The molecular weight excluding hydrogens is 302 g/mol. The number of aromatic nitrogens is 1. The fraction of sp³-hybridized carbons (Fsp3) is 0.316. The Morgan fingerprint density at radius 2 is 1.62 bits per heavy atom. The van der Waals surface area contributed by atoms with Crippen molar-refractivity contribution in [3.05, 3.63) is 65.5 Å². The number of hydrogen-bond donors (Lipinski definition) is 2. The van der Waals surface area contributed by atoms with Crippen LogP contribution in [0.3, 0.4) is 0 Å². The van der Waals surface area contributed by atoms with Crippen molar-refractivity contribution in [1.82, 2.24) is 15.6 Å². The molecule has 0 aliphatic rings. The van der Waals surface area contributed by atoms with Gasteiger partial charge in [-0.25, -0.2) is 0 Å². The maximum Gasteiger partial charge on any atom is 0.251 e. The van der Waals surface area contributed by atoms with Crippen LogP contribution in [0.25, 0.3) is 0 Å². The Balaban J connectivity index is 1.86. The van der Waals surface area contributed by atoms with Crippen LogP contribution in [0, 0.1) is 5.92 Å². The molecule has 0 saturated carbocycles. The molecule has 2 amide bonds. The molecule has 0 aliphatic heterocycles. The molecule has 1 aromatic heterocycles. The van der Waals surface area contributed by atoms with Gasteiger partial charge in [-0.1, -0.05) is 19.9 Å². The molecule has 0 atom stereocenters. The quantitative estimate of drug-likeness (QED) is 0.822. The van der Waals surface area contributed by atoms with Crippen LogP contribution in [0.5, 0.6) is 0 Å². The Kier molecular flexibility index (Phi) is 6.49. The third-order valence-corrected chi connectivity index (χ3v) is 3.59. The molecule has 2 N–H and O–H groups in total. The molecule has 0 aliphatic carbocycles. The van der Waals surface area contributed by atoms with E-state index in [2.05, 4.69) is 29.5 Å². The summed E-state index contributed by atoms with van der Waals surface area (Å²) in [6, 6.07) is 10.4. The largest absolute Gasteiger partial charge is 0.352 e. The van der Waals surface area contributed by atoms with E-state index in [1.165, 1.54) is 0 Å². The standard InChI is InChI=1S/C19H23N3O2/c1-14(2)9-11-21-18(23)16-5-7-17(8-6-16)19(24)22-13-15-4-3-10-20-12-15/h3-8,10,12,14H,9,11,13H2,1-2H3,(H,21,23)(H,22,24). The average molecular weight is 325 g/mol. The summed E-state index contributed by atoms with van der Waals surface area (Å²) in [4.78, 5) is 28.1. The van der Waals surface area contributed by atoms with Crippen LogP contribution in [0.15, 0.2) is 48.8 Å². The van der Waals surface area contributed by atoms with E-state index in [1.54, 1.807) is 36.7 Å². The van der Waals surface area contributed by atoms with Gasteiger partial charge in [0, 0.05) is 36.6 Å². The van der Waals surface area contributed by atoms with E-state index in [0.29, 0.717) is 30.1 Å². The summed E-state index contributed by atoms with van der Waals surface area (Å²) < 4.78 is 0. The molecule has 1 aromatic carbocycles. The molecule has 0 saturated heterocycles. The number of rotatable bonds is 7. The van der Waals surface area contributed by atoms with Gasteiger partial charge in [-0.3, -0.25) is 14.6 Å². The van der Waals surface area contributed by atoms with Crippen molar-refractivity contribution in [2.75, 3.05) is 6.54 Å². The van der Waals surface area contributed by atoms with Gasteiger partial charge in [0.05, 0.1) is 0 Å². The molecule has 0 bridgehead atoms. The Hall–Kier alpha value is -2.69. The van der Waals surface area contributed by atoms with E-state index in [4.69, 9.17) is 0 Å². The van der Waals surface area contributed by atoms with Crippen LogP contribution in [-0.4, -0.2) is 23.3 Å². The number of amides is 2. The highest BCUT2D eigenvalue weighted by molar-refractivity contribution is 5.97. The number of benzene rings is 1. The van der Waals surface area contributed by atoms with Crippen LogP contribution in [0.4, 0.5) is 0 Å². The molecule has 2 aromatic rings. The number of hydrogen-bond acceptors (Lipinski definition) is 3. The smallest absolute Gasteiger partial charge is 0.251 e. The van der Waals surface area contributed by atoms with Gasteiger partial charge in [-0.05, 0) is 48.2 Å². The number of carbonyl (C=O) groups excluding carboxylic acids is 2. The summed E-state index contributed by atoms with van der Waals surface area (Å²) >= 11 is 0. The van der Waals surface area contributed by atoms with Gasteiger partial charge in [-0.15, -0.1) is 0 Å². The highest BCUT2D eigenvalue weighted by Gasteiger charge is 2.09. The van der Waals surface area contributed by atoms with Crippen LogP contribution in [-0.2, 0) is 6.54 Å². The lowest BCUT2D eigenvalue weighted by Crippen LogP contribution is -2.26. The summed E-state index contributed by atoms with van der Waals surface area (Å²) in [5.41, 5.74) is 2.02. The van der Waals surface area contributed by atoms with Gasteiger partial charge < -0.3 is 10.6 Å². The minimum atomic E-state index is -0.175. The van der Waals surface area contributed by atoms with Crippen molar-refractivity contribution in [3.63, 3.8) is 0 Å². The lowest BCUT2D eigenvalue weighted by molar-refractivity contribution is 0.0939. The van der Waals surface area contributed by atoms with Crippen molar-refractivity contribution in [2.24, 2.45) is 5.92 Å². The molecule has 0 fully saturated rings. The zero-order valence-electron chi connectivity index (χ0n) is 14.1. The maximum atomic E-state index is 12.1. The van der Waals surface area contributed by atoms with Gasteiger partial charge in [0.1, 0.15) is 0 Å². The second-order valence-corrected chi connectivity index (χ2v) is 6.06. The normalized spacial score (nSPS) is 10.5. The van der Waals surface area contributed by atoms with E-state index in [0.717, 1.165) is 12.0 Å². The van der Waals surface area contributed by atoms with Gasteiger partial charge in [-0.2, -0.15) is 0 Å². The molecule has 0 unspecified atom stereocenters. The highest BCUT2D eigenvalue weighted by atomic mass is 16.2. The molecule has 0 radical (unpaired) electrons. The predicted molar refractivity (Wildman–Crippen MR) is 93.6 cm³/mol. The molecule has 126 valence electrons. The highest BCUT2D eigenvalue weighted by Crippen LogP contribution is 2.06. The molecule has 2 rings (SSSR count). The van der Waals surface area contributed by atoms with Crippen LogP contribution in [0.1, 0.15) is 46.5 Å². The summed E-state index contributed by atoms with van der Waals surface area (Å²) in [6.07, 6.45) is 4.35. The molecule has 24 heavy (non-hydrogen) atoms. The predicted octanol–water partition coefficient (Wildman–Crippen LogP) is 2.79. The van der Waals surface area contributed by atoms with E-state index < -0.39 is 0 Å². The fourth-order valence-electron chi connectivity index (χ4n) is 2.14. The second-order valence-electron chi connectivity index (χ2n) is 6.06.